The van der Waals surface area contributed by atoms with Gasteiger partial charge >= 0.3 is 5.97 Å². The highest BCUT2D eigenvalue weighted by Crippen LogP contribution is 2.30. The molecule has 15 nitrogen and oxygen atoms in total. The predicted octanol–water partition coefficient (Wildman–Crippen LogP) is 5.87. The number of carbonyl (C=O) groups is 6. The Morgan fingerprint density at radius 1 is 0.877 bits per heavy atom. The number of ketones is 1. The molecule has 1 aromatic rings. The van der Waals surface area contributed by atoms with Crippen LogP contribution in [0.5, 0.6) is 0 Å². The zero-order valence-corrected chi connectivity index (χ0v) is 42.4. The predicted molar refractivity (Wildman–Crippen MR) is 255 cm³/mol. The van der Waals surface area contributed by atoms with Gasteiger partial charge in [0.25, 0.3) is 0 Å². The molecule has 1 aromatic carbocycles. The van der Waals surface area contributed by atoms with Crippen LogP contribution in [0.25, 0.3) is 0 Å². The molecule has 2 aliphatic heterocycles. The molecule has 0 radical (unpaired) electrons. The number of aliphatic carboxylic acids is 1. The summed E-state index contributed by atoms with van der Waals surface area (Å²) in [4.78, 5) is 81.0. The van der Waals surface area contributed by atoms with Gasteiger partial charge in [-0.25, -0.2) is 0 Å². The van der Waals surface area contributed by atoms with Crippen LogP contribution < -0.4 is 10.6 Å². The summed E-state index contributed by atoms with van der Waals surface area (Å²) in [5, 5.41) is 14.6. The third-order valence-corrected chi connectivity index (χ3v) is 12.9. The van der Waals surface area contributed by atoms with Gasteiger partial charge in [0.15, 0.2) is 5.78 Å². The smallest absolute Gasteiger partial charge is 0.303 e. The third-order valence-electron chi connectivity index (χ3n) is 12.9. The number of nitrogens with one attached hydrogen (secondary N) is 2. The van der Waals surface area contributed by atoms with Crippen molar-refractivity contribution in [3.8, 4) is 0 Å². The standard InChI is InChI=1S/C32H51N3O6.C16H30N2O4.C2H6/c1-7-22(2)23(3)28(39-5)21-29(36)35-15-11-14-27(35)30(40-6)24(4)31(37)33-26(20-25-12-9-8-10-13-25)32(38)34-16-18-41-19-17-34;1-10(2)14(12(5)19)17-16(22)15(11(3)4)18(6)9-7-8-13(20)21;1-2/h8-10,12-13,22-24,26-28,30H,7,11,14-21H2,1-6H3,(H,33,37);10-11,14-15H,7-9H2,1-6H3,(H,17,22)(H,20,21);1-2H3/t22?,23-,24?,26-,27-,28?,30?;14-,15?;/m00./s1. The first-order valence-electron chi connectivity index (χ1n) is 24.1. The summed E-state index contributed by atoms with van der Waals surface area (Å²) in [5.74, 6) is -1.16. The van der Waals surface area contributed by atoms with Gasteiger partial charge in [-0.2, -0.15) is 0 Å². The second-order valence-corrected chi connectivity index (χ2v) is 18.2. The van der Waals surface area contributed by atoms with Crippen molar-refractivity contribution < 1.29 is 48.1 Å². The largest absolute Gasteiger partial charge is 0.481 e. The minimum Gasteiger partial charge on any atom is -0.481 e. The van der Waals surface area contributed by atoms with E-state index in [1.165, 1.54) is 6.92 Å². The SMILES string of the molecule is CC.CC(=O)[C@@H](NC(=O)C(C(C)C)N(C)CCCC(=O)O)C(C)C.CCC(C)[C@H](C)C(CC(=O)N1CCC[C@H]1C(OC)C(C)C(=O)N[C@@H](Cc1ccccc1)C(=O)N1CCOCC1)OC. The number of carboxylic acids is 1. The molecular formula is C50H87N5O10. The fourth-order valence-corrected chi connectivity index (χ4v) is 8.76. The summed E-state index contributed by atoms with van der Waals surface area (Å²) in [6, 6.07) is 7.94. The number of ether oxygens (including phenoxy) is 3. The van der Waals surface area contributed by atoms with Crippen molar-refractivity contribution in [2.24, 2.45) is 29.6 Å². The van der Waals surface area contributed by atoms with Crippen LogP contribution in [0.15, 0.2) is 30.3 Å². The first kappa shape index (κ1) is 59.1. The van der Waals surface area contributed by atoms with Gasteiger partial charge in [-0.1, -0.05) is 106 Å². The average Bonchev–Trinajstić information content (AvgIpc) is 3.77. The number of hydrogen-bond donors (Lipinski definition) is 3. The zero-order valence-electron chi connectivity index (χ0n) is 42.4. The number of morpholine rings is 1. The zero-order chi connectivity index (χ0) is 49.4. The summed E-state index contributed by atoms with van der Waals surface area (Å²) in [6.45, 7) is 24.6. The maximum absolute atomic E-state index is 13.7. The molecule has 0 spiro atoms. The van der Waals surface area contributed by atoms with E-state index in [1.54, 1.807) is 19.1 Å². The van der Waals surface area contributed by atoms with Crippen molar-refractivity contribution in [2.75, 3.05) is 60.7 Å². The van der Waals surface area contributed by atoms with E-state index in [1.807, 2.05) is 95.6 Å². The van der Waals surface area contributed by atoms with Crippen LogP contribution in [0, 0.1) is 29.6 Å². The molecule has 3 N–H and O–H groups in total. The summed E-state index contributed by atoms with van der Waals surface area (Å²) in [7, 11) is 5.08. The van der Waals surface area contributed by atoms with Gasteiger partial charge in [-0.05, 0) is 69.0 Å². The number of nitrogens with zero attached hydrogens (tertiary/aromatic N) is 3. The van der Waals surface area contributed by atoms with Gasteiger partial charge in [0.05, 0.1) is 55.9 Å². The number of hydrogen-bond acceptors (Lipinski definition) is 10. The summed E-state index contributed by atoms with van der Waals surface area (Å²) >= 11 is 0. The molecule has 65 heavy (non-hydrogen) atoms. The first-order chi connectivity index (χ1) is 30.8. The van der Waals surface area contributed by atoms with Crippen LogP contribution in [-0.2, 0) is 49.4 Å². The highest BCUT2D eigenvalue weighted by molar-refractivity contribution is 5.90. The van der Waals surface area contributed by atoms with Gasteiger partial charge in [-0.3, -0.25) is 33.7 Å². The van der Waals surface area contributed by atoms with Crippen LogP contribution in [0.3, 0.4) is 0 Å². The Morgan fingerprint density at radius 3 is 2.00 bits per heavy atom. The van der Waals surface area contributed by atoms with E-state index < -0.39 is 30.1 Å². The van der Waals surface area contributed by atoms with E-state index >= 15 is 0 Å². The van der Waals surface area contributed by atoms with E-state index in [-0.39, 0.29) is 71.8 Å². The van der Waals surface area contributed by atoms with Gasteiger partial charge in [0.1, 0.15) is 6.04 Å². The summed E-state index contributed by atoms with van der Waals surface area (Å²) in [5.41, 5.74) is 0.974. The fourth-order valence-electron chi connectivity index (χ4n) is 8.76. The number of carbonyl (C=O) groups excluding carboxylic acids is 5. The van der Waals surface area contributed by atoms with Crippen molar-refractivity contribution in [1.82, 2.24) is 25.3 Å². The molecule has 2 aliphatic rings. The number of benzene rings is 1. The Morgan fingerprint density at radius 2 is 1.49 bits per heavy atom. The number of rotatable bonds is 24. The minimum atomic E-state index is -0.838. The van der Waals surface area contributed by atoms with Crippen LogP contribution in [0.4, 0.5) is 0 Å². The summed E-state index contributed by atoms with van der Waals surface area (Å²) in [6.07, 6.45) is 3.27. The molecule has 5 unspecified atom stereocenters. The highest BCUT2D eigenvalue weighted by Gasteiger charge is 2.42. The van der Waals surface area contributed by atoms with Crippen LogP contribution in [0.2, 0.25) is 0 Å². The van der Waals surface area contributed by atoms with Crippen molar-refractivity contribution in [1.29, 1.82) is 0 Å². The maximum atomic E-state index is 13.7. The van der Waals surface area contributed by atoms with E-state index in [4.69, 9.17) is 19.3 Å². The van der Waals surface area contributed by atoms with Crippen molar-refractivity contribution in [3.05, 3.63) is 35.9 Å². The second kappa shape index (κ2) is 31.1. The van der Waals surface area contributed by atoms with E-state index in [0.717, 1.165) is 24.8 Å². The van der Waals surface area contributed by atoms with E-state index in [0.29, 0.717) is 64.6 Å². The number of likely N-dealkylation sites (tertiary alicyclic amines) is 1. The van der Waals surface area contributed by atoms with E-state index in [9.17, 15) is 28.8 Å². The normalized spacial score (nSPS) is 18.8. The molecule has 2 saturated heterocycles. The molecule has 0 aromatic heterocycles. The Labute approximate surface area is 391 Å². The van der Waals surface area contributed by atoms with Crippen molar-refractivity contribution in [3.63, 3.8) is 0 Å². The molecule has 4 amide bonds. The Balaban J connectivity index is 0.000000746. The van der Waals surface area contributed by atoms with Gasteiger partial charge in [-0.15, -0.1) is 0 Å². The molecule has 9 atom stereocenters. The van der Waals surface area contributed by atoms with Crippen molar-refractivity contribution in [2.45, 2.75) is 157 Å². The van der Waals surface area contributed by atoms with Gasteiger partial charge in [0.2, 0.25) is 23.6 Å². The lowest BCUT2D eigenvalue weighted by atomic mass is 9.87. The molecule has 0 bridgehead atoms. The molecule has 0 aliphatic carbocycles. The van der Waals surface area contributed by atoms with Crippen LogP contribution in [0.1, 0.15) is 120 Å². The topological polar surface area (TPSA) is 184 Å². The van der Waals surface area contributed by atoms with Gasteiger partial charge in [0, 0.05) is 46.7 Å². The summed E-state index contributed by atoms with van der Waals surface area (Å²) < 4.78 is 17.1. The molecule has 3 rings (SSSR count). The number of methoxy groups -OCH3 is 2. The average molecular weight is 918 g/mol. The van der Waals surface area contributed by atoms with Crippen molar-refractivity contribution >= 4 is 35.4 Å². The monoisotopic (exact) mass is 918 g/mol. The molecule has 15 heteroatoms. The number of amides is 4. The Kier molecular flexibility index (Phi) is 28.3. The lowest BCUT2D eigenvalue weighted by molar-refractivity contribution is -0.144. The molecule has 0 saturated carbocycles. The third kappa shape index (κ3) is 19.4. The lowest BCUT2D eigenvalue weighted by Gasteiger charge is -2.36. The number of Topliss-reactive ketones (excluding diaryl/α,β-unsaturated/α-hetero) is 1. The molecule has 2 fully saturated rings. The fraction of sp³-hybridized carbons (Fsp3) is 0.760. The van der Waals surface area contributed by atoms with E-state index in [2.05, 4.69) is 31.4 Å². The maximum Gasteiger partial charge on any atom is 0.303 e. The van der Waals surface area contributed by atoms with Gasteiger partial charge < -0.3 is 39.8 Å². The lowest BCUT2D eigenvalue weighted by Crippen LogP contribution is -2.56. The molecule has 372 valence electrons. The number of likely N-dealkylation sites (N-methyl/N-ethyl adjacent to an activating group) is 1. The first-order valence-corrected chi connectivity index (χ1v) is 24.1. The Bertz CT molecular complexity index is 1570. The molecular weight excluding hydrogens is 831 g/mol. The minimum absolute atomic E-state index is 0.0339. The number of carboxylic acid groups (broad SMARTS) is 1. The Hall–Kier alpha value is -3.92. The van der Waals surface area contributed by atoms with Crippen LogP contribution in [-0.4, -0.2) is 152 Å². The highest BCUT2D eigenvalue weighted by atomic mass is 16.5. The molecule has 2 heterocycles. The van der Waals surface area contributed by atoms with Crippen LogP contribution >= 0.6 is 0 Å². The second-order valence-electron chi connectivity index (χ2n) is 18.2. The quantitative estimate of drug-likeness (QED) is 0.113.